The molecule has 5 rings (SSSR count). The zero-order valence-corrected chi connectivity index (χ0v) is 18.1. The lowest BCUT2D eigenvalue weighted by Gasteiger charge is -2.19. The van der Waals surface area contributed by atoms with Crippen LogP contribution in [0.5, 0.6) is 5.75 Å². The number of hydrazone groups is 1. The first-order chi connectivity index (χ1) is 16.1. The molecule has 2 N–H and O–H groups in total. The first-order valence-electron chi connectivity index (χ1n) is 10.6. The maximum absolute atomic E-state index is 12.4. The summed E-state index contributed by atoms with van der Waals surface area (Å²) in [5.74, 6) is 0.760. The predicted molar refractivity (Wildman–Crippen MR) is 127 cm³/mol. The van der Waals surface area contributed by atoms with E-state index in [1.54, 1.807) is 7.11 Å². The van der Waals surface area contributed by atoms with E-state index in [2.05, 4.69) is 5.10 Å². The number of benzene rings is 3. The van der Waals surface area contributed by atoms with E-state index in [1.165, 1.54) is 5.01 Å². The minimum absolute atomic E-state index is 0.368. The summed E-state index contributed by atoms with van der Waals surface area (Å²) in [6.45, 7) is 0. The lowest BCUT2D eigenvalue weighted by atomic mass is 9.96. The van der Waals surface area contributed by atoms with E-state index in [-0.39, 0.29) is 6.04 Å². The molecule has 33 heavy (non-hydrogen) atoms. The van der Waals surface area contributed by atoms with Crippen molar-refractivity contribution in [3.63, 3.8) is 0 Å². The normalized spacial score (nSPS) is 15.4. The molecule has 0 aliphatic carbocycles. The third kappa shape index (κ3) is 3.96. The molecule has 7 nitrogen and oxygen atoms in total. The maximum atomic E-state index is 12.4. The van der Waals surface area contributed by atoms with Crippen LogP contribution < -0.4 is 10.5 Å². The highest BCUT2D eigenvalue weighted by Gasteiger charge is 2.35. The summed E-state index contributed by atoms with van der Waals surface area (Å²) >= 11 is 0. The van der Waals surface area contributed by atoms with Crippen LogP contribution in [0.4, 0.5) is 4.79 Å². The largest absolute Gasteiger partial charge is 0.497 e. The van der Waals surface area contributed by atoms with Crippen molar-refractivity contribution >= 4 is 11.7 Å². The van der Waals surface area contributed by atoms with Crippen LogP contribution in [0, 0.1) is 0 Å². The highest BCUT2D eigenvalue weighted by molar-refractivity contribution is 6.03. The number of ether oxygens (including phenoxy) is 1. The molecule has 2 heterocycles. The van der Waals surface area contributed by atoms with Crippen LogP contribution in [-0.2, 0) is 0 Å². The number of urea groups is 1. The minimum Gasteiger partial charge on any atom is -0.497 e. The number of rotatable bonds is 5. The predicted octanol–water partition coefficient (Wildman–Crippen LogP) is 4.78. The number of nitrogens with zero attached hydrogens (tertiary/aromatic N) is 4. The van der Waals surface area contributed by atoms with E-state index in [1.807, 2.05) is 95.8 Å². The lowest BCUT2D eigenvalue weighted by Crippen LogP contribution is -2.32. The number of carbonyl (C=O) groups excluding carboxylic acids is 1. The summed E-state index contributed by atoms with van der Waals surface area (Å²) in [4.78, 5) is 12.4. The van der Waals surface area contributed by atoms with Gasteiger partial charge in [0, 0.05) is 23.7 Å². The van der Waals surface area contributed by atoms with E-state index < -0.39 is 6.03 Å². The number of aromatic nitrogens is 2. The van der Waals surface area contributed by atoms with E-state index >= 15 is 0 Å². The fourth-order valence-electron chi connectivity index (χ4n) is 4.08. The summed E-state index contributed by atoms with van der Waals surface area (Å²) in [6.07, 6.45) is 2.49. The molecular formula is C26H23N5O2. The van der Waals surface area contributed by atoms with E-state index in [0.717, 1.165) is 39.5 Å². The zero-order valence-electron chi connectivity index (χ0n) is 18.1. The van der Waals surface area contributed by atoms with Gasteiger partial charge in [0.05, 0.1) is 30.2 Å². The van der Waals surface area contributed by atoms with Crippen LogP contribution >= 0.6 is 0 Å². The topological polar surface area (TPSA) is 85.7 Å². The second-order valence-corrected chi connectivity index (χ2v) is 7.76. The molecule has 3 aromatic carbocycles. The minimum atomic E-state index is -0.602. The first kappa shape index (κ1) is 20.5. The van der Waals surface area contributed by atoms with Gasteiger partial charge in [0.15, 0.2) is 0 Å². The fraction of sp³-hybridized carbons (Fsp3) is 0.115. The Labute approximate surface area is 191 Å². The molecule has 0 bridgehead atoms. The molecule has 1 atom stereocenters. The van der Waals surface area contributed by atoms with Gasteiger partial charge >= 0.3 is 6.03 Å². The van der Waals surface area contributed by atoms with Crippen molar-refractivity contribution in [1.82, 2.24) is 14.8 Å². The fourth-order valence-corrected chi connectivity index (χ4v) is 4.08. The monoisotopic (exact) mass is 437 g/mol. The molecule has 7 heteroatoms. The molecule has 1 aliphatic rings. The Morgan fingerprint density at radius 3 is 2.24 bits per heavy atom. The molecule has 2 amide bonds. The molecule has 1 aliphatic heterocycles. The number of para-hydroxylation sites is 1. The molecule has 0 spiro atoms. The highest BCUT2D eigenvalue weighted by Crippen LogP contribution is 2.38. The average Bonchev–Trinajstić information content (AvgIpc) is 3.50. The van der Waals surface area contributed by atoms with Crippen LogP contribution in [0.15, 0.2) is 96.2 Å². The van der Waals surface area contributed by atoms with Crippen molar-refractivity contribution in [1.29, 1.82) is 0 Å². The summed E-state index contributed by atoms with van der Waals surface area (Å²) in [5.41, 5.74) is 11.0. The van der Waals surface area contributed by atoms with Gasteiger partial charge in [-0.05, 0) is 42.0 Å². The number of hydrogen-bond donors (Lipinski definition) is 1. The Morgan fingerprint density at radius 1 is 0.939 bits per heavy atom. The van der Waals surface area contributed by atoms with Gasteiger partial charge < -0.3 is 10.5 Å². The van der Waals surface area contributed by atoms with Crippen LogP contribution in [0.3, 0.4) is 0 Å². The zero-order chi connectivity index (χ0) is 22.8. The van der Waals surface area contributed by atoms with Gasteiger partial charge in [0.25, 0.3) is 0 Å². The molecule has 0 saturated carbocycles. The third-order valence-electron chi connectivity index (χ3n) is 5.73. The standard InChI is InChI=1S/C26H23N5O2/c1-33-21-14-12-18(13-15-21)23-16-24(31(28-23)26(27)32)22-17-30(20-10-6-3-7-11-20)29-25(22)19-8-4-2-5-9-19/h2-15,17,24H,16H2,1H3,(H2,27,32). The van der Waals surface area contributed by atoms with Crippen molar-refractivity contribution in [2.24, 2.45) is 10.8 Å². The summed E-state index contributed by atoms with van der Waals surface area (Å²) in [5, 5.41) is 10.8. The van der Waals surface area contributed by atoms with Gasteiger partial charge in [-0.2, -0.15) is 10.2 Å². The second kappa shape index (κ2) is 8.63. The molecular weight excluding hydrogens is 414 g/mol. The Bertz CT molecular complexity index is 1300. The van der Waals surface area contributed by atoms with Crippen molar-refractivity contribution in [3.05, 3.63) is 102 Å². The SMILES string of the molecule is COc1ccc(C2=NN(C(N)=O)C(c3cn(-c4ccccc4)nc3-c3ccccc3)C2)cc1. The molecule has 4 aromatic rings. The maximum Gasteiger partial charge on any atom is 0.335 e. The quantitative estimate of drug-likeness (QED) is 0.488. The Hall–Kier alpha value is -4.39. The average molecular weight is 438 g/mol. The molecule has 0 saturated heterocycles. The van der Waals surface area contributed by atoms with Crippen molar-refractivity contribution in [3.8, 4) is 22.7 Å². The molecule has 0 fully saturated rings. The van der Waals surface area contributed by atoms with Crippen LogP contribution in [0.2, 0.25) is 0 Å². The van der Waals surface area contributed by atoms with Crippen LogP contribution in [0.25, 0.3) is 16.9 Å². The highest BCUT2D eigenvalue weighted by atomic mass is 16.5. The van der Waals surface area contributed by atoms with Crippen molar-refractivity contribution in [2.75, 3.05) is 7.11 Å². The number of methoxy groups -OCH3 is 1. The van der Waals surface area contributed by atoms with E-state index in [0.29, 0.717) is 6.42 Å². The number of primary amides is 1. The number of nitrogens with two attached hydrogens (primary N) is 1. The van der Waals surface area contributed by atoms with E-state index in [9.17, 15) is 4.79 Å². The van der Waals surface area contributed by atoms with Crippen molar-refractivity contribution < 1.29 is 9.53 Å². The molecule has 164 valence electrons. The van der Waals surface area contributed by atoms with Gasteiger partial charge in [-0.1, -0.05) is 48.5 Å². The van der Waals surface area contributed by atoms with Gasteiger partial charge in [-0.25, -0.2) is 14.5 Å². The Balaban J connectivity index is 1.58. The van der Waals surface area contributed by atoms with Gasteiger partial charge in [0.2, 0.25) is 0 Å². The molecule has 1 aromatic heterocycles. The summed E-state index contributed by atoms with van der Waals surface area (Å²) in [7, 11) is 1.63. The van der Waals surface area contributed by atoms with Crippen LogP contribution in [0.1, 0.15) is 23.6 Å². The number of amides is 2. The second-order valence-electron chi connectivity index (χ2n) is 7.76. The number of carbonyl (C=O) groups is 1. The lowest BCUT2D eigenvalue weighted by molar-refractivity contribution is 0.196. The molecule has 0 radical (unpaired) electrons. The smallest absolute Gasteiger partial charge is 0.335 e. The Kier molecular flexibility index (Phi) is 5.36. The summed E-state index contributed by atoms with van der Waals surface area (Å²) < 4.78 is 7.09. The Morgan fingerprint density at radius 2 is 1.61 bits per heavy atom. The van der Waals surface area contributed by atoms with Crippen molar-refractivity contribution in [2.45, 2.75) is 12.5 Å². The number of hydrogen-bond acceptors (Lipinski definition) is 4. The van der Waals surface area contributed by atoms with E-state index in [4.69, 9.17) is 15.6 Å². The van der Waals surface area contributed by atoms with Crippen LogP contribution in [-0.4, -0.2) is 33.6 Å². The van der Waals surface area contributed by atoms with Gasteiger partial charge in [-0.3, -0.25) is 0 Å². The van der Waals surface area contributed by atoms with Gasteiger partial charge in [0.1, 0.15) is 5.75 Å². The third-order valence-corrected chi connectivity index (χ3v) is 5.73. The first-order valence-corrected chi connectivity index (χ1v) is 10.6. The summed E-state index contributed by atoms with van der Waals surface area (Å²) in [6, 6.07) is 26.5. The van der Waals surface area contributed by atoms with Gasteiger partial charge in [-0.15, -0.1) is 0 Å². The molecule has 1 unspecified atom stereocenters.